The van der Waals surface area contributed by atoms with Crippen LogP contribution in [0.4, 0.5) is 0 Å². The maximum absolute atomic E-state index is 11.3. The lowest BCUT2D eigenvalue weighted by Crippen LogP contribution is -2.42. The van der Waals surface area contributed by atoms with Gasteiger partial charge in [0, 0.05) is 5.41 Å². The molecule has 0 aromatic rings. The molecule has 0 bridgehead atoms. The van der Waals surface area contributed by atoms with E-state index >= 15 is 0 Å². The molecule has 1 aliphatic heterocycles. The third kappa shape index (κ3) is 2.49. The smallest absolute Gasteiger partial charge is 0.333 e. The highest BCUT2D eigenvalue weighted by molar-refractivity contribution is 7.91. The van der Waals surface area contributed by atoms with E-state index in [9.17, 15) is 18.3 Å². The number of carbonyl (C=O) groups is 1. The lowest BCUT2D eigenvalue weighted by atomic mass is 9.74. The van der Waals surface area contributed by atoms with E-state index in [1.54, 1.807) is 13.8 Å². The highest BCUT2D eigenvalue weighted by Crippen LogP contribution is 2.38. The van der Waals surface area contributed by atoms with Gasteiger partial charge >= 0.3 is 5.97 Å². The van der Waals surface area contributed by atoms with Crippen molar-refractivity contribution in [2.45, 2.75) is 26.4 Å². The molecule has 88 valence electrons. The Hall–Kier alpha value is -0.620. The molecule has 1 aliphatic rings. The Morgan fingerprint density at radius 3 is 2.33 bits per heavy atom. The first-order chi connectivity index (χ1) is 6.67. The molecule has 5 nitrogen and oxygen atoms in total. The minimum atomic E-state index is -3.04. The average molecular weight is 236 g/mol. The van der Waals surface area contributed by atoms with Gasteiger partial charge in [0.05, 0.1) is 11.5 Å². The SMILES string of the molecule is CC(C)(C1CCS(=O)(=O)C1)C(O)C(=O)O. The van der Waals surface area contributed by atoms with Crippen LogP contribution in [0.3, 0.4) is 0 Å². The monoisotopic (exact) mass is 236 g/mol. The Kier molecular flexibility index (Phi) is 3.11. The molecule has 0 saturated carbocycles. The molecule has 0 radical (unpaired) electrons. The summed E-state index contributed by atoms with van der Waals surface area (Å²) in [6.45, 7) is 3.19. The summed E-state index contributed by atoms with van der Waals surface area (Å²) >= 11 is 0. The lowest BCUT2D eigenvalue weighted by molar-refractivity contribution is -0.155. The molecule has 0 aliphatic carbocycles. The highest BCUT2D eigenvalue weighted by atomic mass is 32.2. The second kappa shape index (κ2) is 3.75. The molecular formula is C9H16O5S. The van der Waals surface area contributed by atoms with Crippen molar-refractivity contribution in [3.8, 4) is 0 Å². The molecule has 2 N–H and O–H groups in total. The second-order valence-electron chi connectivity index (χ2n) is 4.66. The minimum Gasteiger partial charge on any atom is -0.479 e. The largest absolute Gasteiger partial charge is 0.479 e. The summed E-state index contributed by atoms with van der Waals surface area (Å²) in [6, 6.07) is 0. The van der Waals surface area contributed by atoms with E-state index < -0.39 is 27.3 Å². The molecule has 1 fully saturated rings. The van der Waals surface area contributed by atoms with Gasteiger partial charge in [-0.15, -0.1) is 0 Å². The fourth-order valence-corrected chi connectivity index (χ4v) is 3.94. The van der Waals surface area contributed by atoms with Gasteiger partial charge in [0.15, 0.2) is 15.9 Å². The standard InChI is InChI=1S/C9H16O5S/c1-9(2,7(10)8(11)12)6-3-4-15(13,14)5-6/h6-7,10H,3-5H2,1-2H3,(H,11,12). The van der Waals surface area contributed by atoms with E-state index in [4.69, 9.17) is 5.11 Å². The Balaban J connectivity index is 2.84. The van der Waals surface area contributed by atoms with Gasteiger partial charge in [-0.3, -0.25) is 0 Å². The summed E-state index contributed by atoms with van der Waals surface area (Å²) in [5.41, 5.74) is -0.907. The molecular weight excluding hydrogens is 220 g/mol. The molecule has 1 heterocycles. The zero-order chi connectivity index (χ0) is 11.9. The summed E-state index contributed by atoms with van der Waals surface area (Å²) in [6.07, 6.45) is -1.09. The van der Waals surface area contributed by atoms with Crippen molar-refractivity contribution < 1.29 is 23.4 Å². The summed E-state index contributed by atoms with van der Waals surface area (Å²) in [7, 11) is -3.04. The molecule has 6 heteroatoms. The van der Waals surface area contributed by atoms with E-state index in [0.717, 1.165) is 0 Å². The van der Waals surface area contributed by atoms with Gasteiger partial charge in [-0.1, -0.05) is 13.8 Å². The number of carboxylic acids is 1. The molecule has 1 saturated heterocycles. The zero-order valence-electron chi connectivity index (χ0n) is 8.80. The van der Waals surface area contributed by atoms with Crippen molar-refractivity contribution in [1.29, 1.82) is 0 Å². The van der Waals surface area contributed by atoms with Crippen LogP contribution in [0.1, 0.15) is 20.3 Å². The predicted molar refractivity (Wildman–Crippen MR) is 54.2 cm³/mol. The summed E-state index contributed by atoms with van der Waals surface area (Å²) in [5.74, 6) is -1.52. The zero-order valence-corrected chi connectivity index (χ0v) is 9.62. The quantitative estimate of drug-likeness (QED) is 0.713. The number of rotatable bonds is 3. The lowest BCUT2D eigenvalue weighted by Gasteiger charge is -2.33. The third-order valence-corrected chi connectivity index (χ3v) is 4.99. The first kappa shape index (κ1) is 12.4. The topological polar surface area (TPSA) is 91.7 Å². The molecule has 0 aromatic heterocycles. The van der Waals surface area contributed by atoms with Crippen molar-refractivity contribution in [2.24, 2.45) is 11.3 Å². The summed E-state index contributed by atoms with van der Waals surface area (Å²) in [4.78, 5) is 10.7. The summed E-state index contributed by atoms with van der Waals surface area (Å²) < 4.78 is 22.5. The Labute approximate surface area is 89.0 Å². The number of hydrogen-bond acceptors (Lipinski definition) is 4. The number of aliphatic hydroxyl groups excluding tert-OH is 1. The van der Waals surface area contributed by atoms with Crippen LogP contribution in [-0.2, 0) is 14.6 Å². The van der Waals surface area contributed by atoms with Crippen LogP contribution in [0.2, 0.25) is 0 Å². The van der Waals surface area contributed by atoms with Gasteiger partial charge in [-0.05, 0) is 12.3 Å². The van der Waals surface area contributed by atoms with Crippen LogP contribution in [-0.4, -0.2) is 42.2 Å². The predicted octanol–water partition coefficient (Wildman–Crippen LogP) is -0.107. The molecule has 1 rings (SSSR count). The maximum atomic E-state index is 11.3. The third-order valence-electron chi connectivity index (χ3n) is 3.22. The summed E-state index contributed by atoms with van der Waals surface area (Å²) in [5, 5.41) is 18.2. The van der Waals surface area contributed by atoms with E-state index in [0.29, 0.717) is 6.42 Å². The van der Waals surface area contributed by atoms with Crippen LogP contribution in [0.15, 0.2) is 0 Å². The first-order valence-electron chi connectivity index (χ1n) is 4.78. The van der Waals surface area contributed by atoms with Crippen LogP contribution in [0.25, 0.3) is 0 Å². The van der Waals surface area contributed by atoms with Crippen molar-refractivity contribution in [1.82, 2.24) is 0 Å². The molecule has 2 atom stereocenters. The minimum absolute atomic E-state index is 0.0235. The van der Waals surface area contributed by atoms with Crippen LogP contribution >= 0.6 is 0 Å². The maximum Gasteiger partial charge on any atom is 0.333 e. The van der Waals surface area contributed by atoms with E-state index in [-0.39, 0.29) is 17.4 Å². The van der Waals surface area contributed by atoms with E-state index in [1.165, 1.54) is 0 Å². The molecule has 15 heavy (non-hydrogen) atoms. The van der Waals surface area contributed by atoms with Gasteiger partial charge in [-0.2, -0.15) is 0 Å². The van der Waals surface area contributed by atoms with Crippen LogP contribution in [0.5, 0.6) is 0 Å². The normalized spacial score (nSPS) is 27.5. The Morgan fingerprint density at radius 2 is 2.00 bits per heavy atom. The molecule has 0 aromatic carbocycles. The fourth-order valence-electron chi connectivity index (χ4n) is 1.92. The van der Waals surface area contributed by atoms with Crippen molar-refractivity contribution in [3.63, 3.8) is 0 Å². The average Bonchev–Trinajstić information content (AvgIpc) is 2.45. The second-order valence-corrected chi connectivity index (χ2v) is 6.89. The van der Waals surface area contributed by atoms with Crippen LogP contribution in [0, 0.1) is 11.3 Å². The number of aliphatic hydroxyl groups is 1. The Bertz CT molecular complexity index is 357. The van der Waals surface area contributed by atoms with Crippen LogP contribution < -0.4 is 0 Å². The van der Waals surface area contributed by atoms with Crippen molar-refractivity contribution >= 4 is 15.8 Å². The van der Waals surface area contributed by atoms with E-state index in [2.05, 4.69) is 0 Å². The first-order valence-corrected chi connectivity index (χ1v) is 6.60. The van der Waals surface area contributed by atoms with Gasteiger partial charge < -0.3 is 10.2 Å². The number of carboxylic acid groups (broad SMARTS) is 1. The molecule has 2 unspecified atom stereocenters. The molecule has 0 amide bonds. The van der Waals surface area contributed by atoms with Gasteiger partial charge in [0.1, 0.15) is 0 Å². The van der Waals surface area contributed by atoms with E-state index in [1.807, 2.05) is 0 Å². The number of sulfone groups is 1. The Morgan fingerprint density at radius 1 is 1.47 bits per heavy atom. The highest BCUT2D eigenvalue weighted by Gasteiger charge is 2.45. The van der Waals surface area contributed by atoms with Gasteiger partial charge in [0.2, 0.25) is 0 Å². The fraction of sp³-hybridized carbons (Fsp3) is 0.889. The van der Waals surface area contributed by atoms with Gasteiger partial charge in [-0.25, -0.2) is 13.2 Å². The number of aliphatic carboxylic acids is 1. The van der Waals surface area contributed by atoms with Crippen molar-refractivity contribution in [3.05, 3.63) is 0 Å². The van der Waals surface area contributed by atoms with Crippen molar-refractivity contribution in [2.75, 3.05) is 11.5 Å². The number of hydrogen-bond donors (Lipinski definition) is 2. The molecule has 0 spiro atoms. The van der Waals surface area contributed by atoms with Gasteiger partial charge in [0.25, 0.3) is 0 Å².